The third-order valence-electron chi connectivity index (χ3n) is 2.57. The van der Waals surface area contributed by atoms with Gasteiger partial charge < -0.3 is 4.74 Å². The Morgan fingerprint density at radius 2 is 2.00 bits per heavy atom. The number of carbonyl (C=O) groups excluding carboxylic acids is 1. The van der Waals surface area contributed by atoms with Gasteiger partial charge in [0.25, 0.3) is 0 Å². The van der Waals surface area contributed by atoms with E-state index in [1.807, 2.05) is 0 Å². The van der Waals surface area contributed by atoms with Crippen molar-refractivity contribution in [2.45, 2.75) is 6.92 Å². The van der Waals surface area contributed by atoms with Crippen molar-refractivity contribution in [2.75, 3.05) is 0 Å². The molecule has 0 bridgehead atoms. The van der Waals surface area contributed by atoms with Gasteiger partial charge in [-0.1, -0.05) is 17.7 Å². The maximum atomic E-state index is 13.1. The number of nitro groups is 1. The summed E-state index contributed by atoms with van der Waals surface area (Å²) in [6.45, 7) is 1.79. The lowest BCUT2D eigenvalue weighted by Gasteiger charge is -2.05. The Bertz CT molecular complexity index is 685. The highest BCUT2D eigenvalue weighted by Crippen LogP contribution is 2.28. The summed E-state index contributed by atoms with van der Waals surface area (Å²) < 4.78 is 18.0. The van der Waals surface area contributed by atoms with Crippen molar-refractivity contribution >= 4 is 11.7 Å². The number of benzene rings is 2. The third kappa shape index (κ3) is 2.97. The van der Waals surface area contributed by atoms with E-state index >= 15 is 0 Å². The van der Waals surface area contributed by atoms with Crippen molar-refractivity contribution in [3.8, 4) is 5.75 Å². The molecule has 5 nitrogen and oxygen atoms in total. The zero-order chi connectivity index (χ0) is 14.7. The minimum absolute atomic E-state index is 0.239. The predicted molar refractivity (Wildman–Crippen MR) is 69.2 cm³/mol. The molecule has 6 heteroatoms. The number of nitro benzene ring substituents is 1. The van der Waals surface area contributed by atoms with E-state index in [1.165, 1.54) is 6.07 Å². The Hall–Kier alpha value is -2.76. The van der Waals surface area contributed by atoms with Crippen molar-refractivity contribution in [1.82, 2.24) is 0 Å². The highest BCUT2D eigenvalue weighted by atomic mass is 19.1. The van der Waals surface area contributed by atoms with E-state index in [-0.39, 0.29) is 5.56 Å². The number of carbonyl (C=O) groups is 1. The number of ether oxygens (including phenoxy) is 1. The molecule has 0 saturated heterocycles. The first kappa shape index (κ1) is 13.7. The molecule has 0 unspecified atom stereocenters. The standard InChI is InChI=1S/C14H10FNO4/c1-9-3-2-4-10(7-9)14(17)20-13-8-11(15)5-6-12(13)16(18)19/h2-8H,1H3. The number of hydrogen-bond acceptors (Lipinski definition) is 4. The van der Waals surface area contributed by atoms with Crippen LogP contribution in [0.25, 0.3) is 0 Å². The maximum Gasteiger partial charge on any atom is 0.343 e. The van der Waals surface area contributed by atoms with Crippen molar-refractivity contribution < 1.29 is 18.8 Å². The summed E-state index contributed by atoms with van der Waals surface area (Å²) in [5, 5.41) is 10.8. The van der Waals surface area contributed by atoms with Crippen molar-refractivity contribution in [3.05, 3.63) is 69.5 Å². The van der Waals surface area contributed by atoms with E-state index in [0.717, 1.165) is 23.8 Å². The molecule has 0 radical (unpaired) electrons. The lowest BCUT2D eigenvalue weighted by atomic mass is 10.1. The monoisotopic (exact) mass is 275 g/mol. The van der Waals surface area contributed by atoms with Gasteiger partial charge in [0.1, 0.15) is 5.82 Å². The van der Waals surface area contributed by atoms with Gasteiger partial charge in [0, 0.05) is 12.1 Å². The molecule has 0 saturated carbocycles. The van der Waals surface area contributed by atoms with Crippen LogP contribution in [0, 0.1) is 22.9 Å². The largest absolute Gasteiger partial charge is 0.415 e. The molecule has 0 N–H and O–H groups in total. The summed E-state index contributed by atoms with van der Waals surface area (Å²) in [4.78, 5) is 21.9. The number of rotatable bonds is 3. The molecule has 2 aromatic rings. The first-order chi connectivity index (χ1) is 9.47. The summed E-state index contributed by atoms with van der Waals surface area (Å²) >= 11 is 0. The predicted octanol–water partition coefficient (Wildman–Crippen LogP) is 3.26. The van der Waals surface area contributed by atoms with Gasteiger partial charge in [-0.25, -0.2) is 9.18 Å². The van der Waals surface area contributed by atoms with E-state index < -0.39 is 28.1 Å². The smallest absolute Gasteiger partial charge is 0.343 e. The summed E-state index contributed by atoms with van der Waals surface area (Å²) in [7, 11) is 0. The molecule has 0 aliphatic heterocycles. The normalized spacial score (nSPS) is 10.1. The average molecular weight is 275 g/mol. The highest BCUT2D eigenvalue weighted by Gasteiger charge is 2.19. The van der Waals surface area contributed by atoms with Gasteiger partial charge in [-0.15, -0.1) is 0 Å². The summed E-state index contributed by atoms with van der Waals surface area (Å²) in [6.07, 6.45) is 0. The minimum atomic E-state index is -0.776. The van der Waals surface area contributed by atoms with Crippen LogP contribution in [0.1, 0.15) is 15.9 Å². The Balaban J connectivity index is 2.32. The van der Waals surface area contributed by atoms with E-state index in [9.17, 15) is 19.3 Å². The summed E-state index contributed by atoms with van der Waals surface area (Å²) in [5.41, 5.74) is 0.615. The van der Waals surface area contributed by atoms with Gasteiger partial charge in [0.15, 0.2) is 0 Å². The molecular weight excluding hydrogens is 265 g/mol. The van der Waals surface area contributed by atoms with Crippen LogP contribution in [0.5, 0.6) is 5.75 Å². The van der Waals surface area contributed by atoms with Crippen molar-refractivity contribution in [3.63, 3.8) is 0 Å². The lowest BCUT2D eigenvalue weighted by molar-refractivity contribution is -0.385. The molecule has 2 rings (SSSR count). The first-order valence-electron chi connectivity index (χ1n) is 5.70. The highest BCUT2D eigenvalue weighted by molar-refractivity contribution is 5.91. The Labute approximate surface area is 113 Å². The second-order valence-corrected chi connectivity index (χ2v) is 4.13. The lowest BCUT2D eigenvalue weighted by Crippen LogP contribution is -2.10. The number of halogens is 1. The van der Waals surface area contributed by atoms with E-state index in [0.29, 0.717) is 0 Å². The number of nitrogens with zero attached hydrogens (tertiary/aromatic N) is 1. The number of hydrogen-bond donors (Lipinski definition) is 0. The summed E-state index contributed by atoms with van der Waals surface area (Å²) in [6, 6.07) is 9.24. The summed E-state index contributed by atoms with van der Waals surface area (Å²) in [5.74, 6) is -1.91. The Morgan fingerprint density at radius 3 is 2.65 bits per heavy atom. The van der Waals surface area contributed by atoms with Gasteiger partial charge in [-0.3, -0.25) is 10.1 Å². The van der Waals surface area contributed by atoms with Gasteiger partial charge in [-0.05, 0) is 25.1 Å². The molecule has 0 aliphatic rings. The van der Waals surface area contributed by atoms with Crippen LogP contribution >= 0.6 is 0 Å². The first-order valence-corrected chi connectivity index (χ1v) is 5.70. The van der Waals surface area contributed by atoms with Crippen LogP contribution in [0.15, 0.2) is 42.5 Å². The molecule has 0 spiro atoms. The Kier molecular flexibility index (Phi) is 3.74. The molecular formula is C14H10FNO4. The van der Waals surface area contributed by atoms with E-state index in [4.69, 9.17) is 4.74 Å². The fourth-order valence-electron chi connectivity index (χ4n) is 1.65. The topological polar surface area (TPSA) is 69.4 Å². The van der Waals surface area contributed by atoms with Crippen LogP contribution in [0.4, 0.5) is 10.1 Å². The zero-order valence-corrected chi connectivity index (χ0v) is 10.5. The van der Waals surface area contributed by atoms with Crippen LogP contribution in [-0.4, -0.2) is 10.9 Å². The fraction of sp³-hybridized carbons (Fsp3) is 0.0714. The van der Waals surface area contributed by atoms with Crippen LogP contribution < -0.4 is 4.74 Å². The molecule has 0 atom stereocenters. The van der Waals surface area contributed by atoms with Gasteiger partial charge in [0.2, 0.25) is 5.75 Å². The number of aryl methyl sites for hydroxylation is 1. The third-order valence-corrected chi connectivity index (χ3v) is 2.57. The molecule has 2 aromatic carbocycles. The van der Waals surface area contributed by atoms with Crippen LogP contribution in [0.2, 0.25) is 0 Å². The molecule has 0 heterocycles. The van der Waals surface area contributed by atoms with E-state index in [1.54, 1.807) is 25.1 Å². The van der Waals surface area contributed by atoms with Gasteiger partial charge >= 0.3 is 11.7 Å². The molecule has 0 aromatic heterocycles. The molecule has 0 aliphatic carbocycles. The van der Waals surface area contributed by atoms with Gasteiger partial charge in [0.05, 0.1) is 10.5 Å². The second kappa shape index (κ2) is 5.48. The maximum absolute atomic E-state index is 13.1. The molecule has 0 amide bonds. The SMILES string of the molecule is Cc1cccc(C(=O)Oc2cc(F)ccc2[N+](=O)[O-])c1. The van der Waals surface area contributed by atoms with Crippen molar-refractivity contribution in [1.29, 1.82) is 0 Å². The minimum Gasteiger partial charge on any atom is -0.415 e. The van der Waals surface area contributed by atoms with Crippen LogP contribution in [-0.2, 0) is 0 Å². The van der Waals surface area contributed by atoms with Crippen LogP contribution in [0.3, 0.4) is 0 Å². The average Bonchev–Trinajstić information content (AvgIpc) is 2.38. The van der Waals surface area contributed by atoms with E-state index in [2.05, 4.69) is 0 Å². The quantitative estimate of drug-likeness (QED) is 0.373. The van der Waals surface area contributed by atoms with Crippen molar-refractivity contribution in [2.24, 2.45) is 0 Å². The number of esters is 1. The Morgan fingerprint density at radius 1 is 1.25 bits per heavy atom. The second-order valence-electron chi connectivity index (χ2n) is 4.13. The fourth-order valence-corrected chi connectivity index (χ4v) is 1.65. The molecule has 0 fully saturated rings. The molecule has 102 valence electrons. The zero-order valence-electron chi connectivity index (χ0n) is 10.5. The van der Waals surface area contributed by atoms with Gasteiger partial charge in [-0.2, -0.15) is 0 Å². The molecule has 20 heavy (non-hydrogen) atoms.